The molecule has 1 aromatic heterocycles. The number of amides is 1. The minimum absolute atomic E-state index is 0.0298. The Morgan fingerprint density at radius 3 is 3.00 bits per heavy atom. The molecular formula is C15H24N4O2. The normalized spacial score (nSPS) is 20.8. The maximum atomic E-state index is 12.4. The number of anilines is 1. The summed E-state index contributed by atoms with van der Waals surface area (Å²) >= 11 is 0. The Bertz CT molecular complexity index is 494. The maximum absolute atomic E-state index is 12.4. The molecule has 0 aromatic carbocycles. The number of morpholine rings is 1. The van der Waals surface area contributed by atoms with Crippen LogP contribution in [0.1, 0.15) is 25.6 Å². The fourth-order valence-corrected chi connectivity index (χ4v) is 3.02. The minimum Gasteiger partial charge on any atom is -0.379 e. The van der Waals surface area contributed by atoms with Crippen LogP contribution in [-0.2, 0) is 22.5 Å². The van der Waals surface area contributed by atoms with Crippen LogP contribution in [0.5, 0.6) is 0 Å². The number of rotatable bonds is 4. The third-order valence-corrected chi connectivity index (χ3v) is 4.30. The summed E-state index contributed by atoms with van der Waals surface area (Å²) in [5.74, 6) is 1.99. The molecule has 3 rings (SSSR count). The summed E-state index contributed by atoms with van der Waals surface area (Å²) in [7, 11) is 0. The van der Waals surface area contributed by atoms with Crippen LogP contribution in [0.25, 0.3) is 0 Å². The Morgan fingerprint density at radius 2 is 2.19 bits per heavy atom. The predicted octanol–water partition coefficient (Wildman–Crippen LogP) is 1.13. The number of aryl methyl sites for hydroxylation is 1. The van der Waals surface area contributed by atoms with Crippen molar-refractivity contribution in [2.24, 2.45) is 5.92 Å². The first-order chi connectivity index (χ1) is 10.2. The van der Waals surface area contributed by atoms with Crippen LogP contribution < -0.4 is 5.32 Å². The van der Waals surface area contributed by atoms with Gasteiger partial charge < -0.3 is 14.6 Å². The molecule has 0 bridgehead atoms. The topological polar surface area (TPSA) is 59.4 Å². The van der Waals surface area contributed by atoms with E-state index in [1.54, 1.807) is 6.20 Å². The van der Waals surface area contributed by atoms with Gasteiger partial charge >= 0.3 is 0 Å². The molecule has 0 radical (unpaired) electrons. The van der Waals surface area contributed by atoms with Crippen LogP contribution in [0.2, 0.25) is 0 Å². The van der Waals surface area contributed by atoms with Gasteiger partial charge in [0.15, 0.2) is 0 Å². The van der Waals surface area contributed by atoms with Crippen molar-refractivity contribution in [1.82, 2.24) is 14.5 Å². The Balaban J connectivity index is 1.56. The average Bonchev–Trinajstić information content (AvgIpc) is 2.91. The molecule has 21 heavy (non-hydrogen) atoms. The van der Waals surface area contributed by atoms with Gasteiger partial charge in [0.05, 0.1) is 19.4 Å². The highest BCUT2D eigenvalue weighted by Gasteiger charge is 2.21. The second-order valence-electron chi connectivity index (χ2n) is 5.97. The highest BCUT2D eigenvalue weighted by Crippen LogP contribution is 2.20. The largest absolute Gasteiger partial charge is 0.379 e. The number of imidazole rings is 1. The zero-order valence-electron chi connectivity index (χ0n) is 12.7. The van der Waals surface area contributed by atoms with Crippen molar-refractivity contribution in [1.29, 1.82) is 0 Å². The number of nitrogens with zero attached hydrogens (tertiary/aromatic N) is 3. The number of hydrogen-bond donors (Lipinski definition) is 1. The fraction of sp³-hybridized carbons (Fsp3) is 0.733. The third kappa shape index (κ3) is 3.44. The quantitative estimate of drug-likeness (QED) is 0.903. The molecule has 0 unspecified atom stereocenters. The number of carbonyl (C=O) groups is 1. The molecule has 1 aromatic rings. The van der Waals surface area contributed by atoms with E-state index in [1.165, 1.54) is 6.42 Å². The SMILES string of the molecule is C[C@@H](CN1CCOCC1)C(=O)Nc1cnc2n1CCCC2. The first-order valence-electron chi connectivity index (χ1n) is 7.89. The molecule has 1 saturated heterocycles. The van der Waals surface area contributed by atoms with Crippen molar-refractivity contribution < 1.29 is 9.53 Å². The second kappa shape index (κ2) is 6.58. The standard InChI is InChI=1S/C15H24N4O2/c1-12(11-18-6-8-21-9-7-18)15(20)17-14-10-16-13-4-2-3-5-19(13)14/h10,12H,2-9,11H2,1H3,(H,17,20)/t12-/m0/s1. The number of ether oxygens (including phenoxy) is 1. The molecule has 2 aliphatic heterocycles. The van der Waals surface area contributed by atoms with Gasteiger partial charge in [-0.1, -0.05) is 6.92 Å². The van der Waals surface area contributed by atoms with E-state index in [2.05, 4.69) is 19.8 Å². The summed E-state index contributed by atoms with van der Waals surface area (Å²) in [6, 6.07) is 0. The summed E-state index contributed by atoms with van der Waals surface area (Å²) in [6.07, 6.45) is 5.16. The summed E-state index contributed by atoms with van der Waals surface area (Å²) in [5, 5.41) is 3.04. The lowest BCUT2D eigenvalue weighted by atomic mass is 10.1. The molecule has 3 heterocycles. The van der Waals surface area contributed by atoms with Crippen LogP contribution in [-0.4, -0.2) is 53.2 Å². The van der Waals surface area contributed by atoms with E-state index in [4.69, 9.17) is 4.74 Å². The van der Waals surface area contributed by atoms with Crippen LogP contribution in [0, 0.1) is 5.92 Å². The van der Waals surface area contributed by atoms with Crippen molar-refractivity contribution >= 4 is 11.7 Å². The molecule has 1 amide bonds. The van der Waals surface area contributed by atoms with Gasteiger partial charge in [0.1, 0.15) is 11.6 Å². The molecule has 0 aliphatic carbocycles. The number of carbonyl (C=O) groups excluding carboxylic acids is 1. The number of hydrogen-bond acceptors (Lipinski definition) is 4. The zero-order valence-corrected chi connectivity index (χ0v) is 12.7. The molecule has 1 N–H and O–H groups in total. The molecular weight excluding hydrogens is 268 g/mol. The first-order valence-corrected chi connectivity index (χ1v) is 7.89. The average molecular weight is 292 g/mol. The molecule has 2 aliphatic rings. The van der Waals surface area contributed by atoms with Gasteiger partial charge in [0, 0.05) is 38.5 Å². The molecule has 1 atom stereocenters. The lowest BCUT2D eigenvalue weighted by Crippen LogP contribution is -2.41. The second-order valence-corrected chi connectivity index (χ2v) is 5.97. The van der Waals surface area contributed by atoms with E-state index >= 15 is 0 Å². The maximum Gasteiger partial charge on any atom is 0.229 e. The Hall–Kier alpha value is -1.40. The Morgan fingerprint density at radius 1 is 1.38 bits per heavy atom. The van der Waals surface area contributed by atoms with Crippen LogP contribution in [0.15, 0.2) is 6.20 Å². The number of aromatic nitrogens is 2. The smallest absolute Gasteiger partial charge is 0.229 e. The highest BCUT2D eigenvalue weighted by atomic mass is 16.5. The Kier molecular flexibility index (Phi) is 4.55. The summed E-state index contributed by atoms with van der Waals surface area (Å²) in [6.45, 7) is 7.10. The van der Waals surface area contributed by atoms with E-state index < -0.39 is 0 Å². The van der Waals surface area contributed by atoms with Gasteiger partial charge in [-0.05, 0) is 12.8 Å². The number of fused-ring (bicyclic) bond motifs is 1. The van der Waals surface area contributed by atoms with Crippen molar-refractivity contribution in [3.63, 3.8) is 0 Å². The van der Waals surface area contributed by atoms with Crippen LogP contribution in [0.3, 0.4) is 0 Å². The summed E-state index contributed by atoms with van der Waals surface area (Å²) in [5.41, 5.74) is 0. The molecule has 0 saturated carbocycles. The first kappa shape index (κ1) is 14.5. The zero-order chi connectivity index (χ0) is 14.7. The lowest BCUT2D eigenvalue weighted by Gasteiger charge is -2.28. The predicted molar refractivity (Wildman–Crippen MR) is 80.2 cm³/mol. The van der Waals surface area contributed by atoms with Crippen molar-refractivity contribution in [3.8, 4) is 0 Å². The molecule has 6 heteroatoms. The minimum atomic E-state index is -0.0298. The van der Waals surface area contributed by atoms with Gasteiger partial charge in [0.25, 0.3) is 0 Å². The van der Waals surface area contributed by atoms with Gasteiger partial charge in [-0.2, -0.15) is 0 Å². The molecule has 116 valence electrons. The lowest BCUT2D eigenvalue weighted by molar-refractivity contribution is -0.120. The van der Waals surface area contributed by atoms with Crippen LogP contribution in [0.4, 0.5) is 5.82 Å². The monoisotopic (exact) mass is 292 g/mol. The summed E-state index contributed by atoms with van der Waals surface area (Å²) in [4.78, 5) is 19.1. The van der Waals surface area contributed by atoms with Gasteiger partial charge in [0.2, 0.25) is 5.91 Å². The Labute approximate surface area is 125 Å². The van der Waals surface area contributed by atoms with Crippen LogP contribution >= 0.6 is 0 Å². The summed E-state index contributed by atoms with van der Waals surface area (Å²) < 4.78 is 7.48. The fourth-order valence-electron chi connectivity index (χ4n) is 3.02. The van der Waals surface area contributed by atoms with E-state index in [1.807, 2.05) is 6.92 Å². The molecule has 0 spiro atoms. The van der Waals surface area contributed by atoms with E-state index in [-0.39, 0.29) is 11.8 Å². The highest BCUT2D eigenvalue weighted by molar-refractivity contribution is 5.91. The van der Waals surface area contributed by atoms with E-state index in [9.17, 15) is 4.79 Å². The van der Waals surface area contributed by atoms with Gasteiger partial charge in [-0.15, -0.1) is 0 Å². The van der Waals surface area contributed by atoms with Crippen molar-refractivity contribution in [3.05, 3.63) is 12.0 Å². The van der Waals surface area contributed by atoms with Gasteiger partial charge in [-0.25, -0.2) is 4.98 Å². The van der Waals surface area contributed by atoms with E-state index in [0.717, 1.165) is 63.9 Å². The number of nitrogens with one attached hydrogen (secondary N) is 1. The van der Waals surface area contributed by atoms with E-state index in [0.29, 0.717) is 0 Å². The molecule has 6 nitrogen and oxygen atoms in total. The third-order valence-electron chi connectivity index (χ3n) is 4.30. The van der Waals surface area contributed by atoms with Gasteiger partial charge in [-0.3, -0.25) is 9.69 Å². The molecule has 1 fully saturated rings. The van der Waals surface area contributed by atoms with Crippen molar-refractivity contribution in [2.45, 2.75) is 32.7 Å². The van der Waals surface area contributed by atoms with Crippen molar-refractivity contribution in [2.75, 3.05) is 38.2 Å².